The summed E-state index contributed by atoms with van der Waals surface area (Å²) in [6, 6.07) is 17.3. The lowest BCUT2D eigenvalue weighted by atomic mass is 9.92. The number of carbonyl (C=O) groups excluding carboxylic acids is 1. The molecule has 33 heavy (non-hydrogen) atoms. The van der Waals surface area contributed by atoms with E-state index in [1.807, 2.05) is 47.3 Å². The van der Waals surface area contributed by atoms with Gasteiger partial charge in [-0.05, 0) is 43.0 Å². The summed E-state index contributed by atoms with van der Waals surface area (Å²) in [7, 11) is 0. The molecule has 3 heterocycles. The van der Waals surface area contributed by atoms with Crippen LogP contribution in [0.5, 0.6) is 11.5 Å². The molecule has 2 aliphatic rings. The van der Waals surface area contributed by atoms with Crippen LogP contribution in [0.25, 0.3) is 11.3 Å². The number of hydrogen-bond acceptors (Lipinski definition) is 6. The van der Waals surface area contributed by atoms with Gasteiger partial charge in [0.15, 0.2) is 23.0 Å². The van der Waals surface area contributed by atoms with Crippen molar-refractivity contribution < 1.29 is 18.8 Å². The van der Waals surface area contributed by atoms with Gasteiger partial charge < -0.3 is 19.3 Å². The number of nitrogens with one attached hydrogen (secondary N) is 1. The first-order valence-corrected chi connectivity index (χ1v) is 11.0. The summed E-state index contributed by atoms with van der Waals surface area (Å²) in [4.78, 5) is 12.9. The first-order chi connectivity index (χ1) is 16.2. The zero-order chi connectivity index (χ0) is 22.2. The van der Waals surface area contributed by atoms with E-state index in [0.717, 1.165) is 36.9 Å². The minimum Gasteiger partial charge on any atom is -0.454 e. The number of carbonyl (C=O) groups is 1. The zero-order valence-electron chi connectivity index (χ0n) is 17.9. The number of benzene rings is 2. The van der Waals surface area contributed by atoms with E-state index in [4.69, 9.17) is 14.0 Å². The molecule has 8 heteroatoms. The Kier molecular flexibility index (Phi) is 4.83. The van der Waals surface area contributed by atoms with Crippen LogP contribution in [0.1, 0.15) is 46.2 Å². The quantitative estimate of drug-likeness (QED) is 0.500. The number of nitrogens with zero attached hydrogens (tertiary/aromatic N) is 3. The lowest BCUT2D eigenvalue weighted by Crippen LogP contribution is -2.31. The molecule has 0 fully saturated rings. The Hall–Kier alpha value is -4.07. The summed E-state index contributed by atoms with van der Waals surface area (Å²) in [5.74, 6) is 1.58. The number of amides is 1. The Morgan fingerprint density at radius 2 is 1.97 bits per heavy atom. The average molecular weight is 442 g/mol. The third-order valence-electron chi connectivity index (χ3n) is 6.14. The Labute approximate surface area is 190 Å². The second-order valence-corrected chi connectivity index (χ2v) is 8.25. The van der Waals surface area contributed by atoms with Gasteiger partial charge in [0.05, 0.1) is 18.8 Å². The second kappa shape index (κ2) is 8.12. The number of rotatable bonds is 5. The molecule has 0 radical (unpaired) electrons. The summed E-state index contributed by atoms with van der Waals surface area (Å²) in [5.41, 5.74) is 4.47. The van der Waals surface area contributed by atoms with Gasteiger partial charge in [0.1, 0.15) is 0 Å². The molecule has 1 amide bonds. The molecule has 2 aromatic carbocycles. The Balaban J connectivity index is 1.18. The van der Waals surface area contributed by atoms with Crippen LogP contribution in [0.15, 0.2) is 65.3 Å². The highest BCUT2D eigenvalue weighted by Crippen LogP contribution is 2.36. The lowest BCUT2D eigenvalue weighted by Gasteiger charge is -2.24. The molecule has 0 saturated heterocycles. The molecule has 0 bridgehead atoms. The van der Waals surface area contributed by atoms with E-state index in [2.05, 4.69) is 27.7 Å². The van der Waals surface area contributed by atoms with E-state index >= 15 is 0 Å². The molecular formula is C25H22N4O4. The normalized spacial score (nSPS) is 16.4. The molecule has 2 aromatic heterocycles. The largest absolute Gasteiger partial charge is 0.454 e. The number of fused-ring (bicyclic) bond motifs is 2. The predicted molar refractivity (Wildman–Crippen MR) is 119 cm³/mol. The fourth-order valence-electron chi connectivity index (χ4n) is 4.46. The highest BCUT2D eigenvalue weighted by Gasteiger charge is 2.27. The molecule has 8 nitrogen and oxygen atoms in total. The highest BCUT2D eigenvalue weighted by atomic mass is 16.7. The van der Waals surface area contributed by atoms with Gasteiger partial charge in [0.25, 0.3) is 5.91 Å². The standard InChI is InChI=1S/C25H22N4O4/c30-25(20-12-23(33-28-20)17-9-10-22-24(11-17)32-15-31-22)27-19-7-4-8-21-18(19)13-26-29(21)14-16-5-2-1-3-6-16/h1-3,5-6,9-13,19H,4,7-8,14-15H2,(H,27,30)/t19-/m0/s1. The van der Waals surface area contributed by atoms with Crippen molar-refractivity contribution in [3.63, 3.8) is 0 Å². The molecule has 0 saturated carbocycles. The van der Waals surface area contributed by atoms with E-state index in [9.17, 15) is 4.79 Å². The van der Waals surface area contributed by atoms with Crippen LogP contribution in [-0.2, 0) is 13.0 Å². The topological polar surface area (TPSA) is 91.4 Å². The first kappa shape index (κ1) is 19.6. The summed E-state index contributed by atoms with van der Waals surface area (Å²) in [6.07, 6.45) is 4.68. The van der Waals surface area contributed by atoms with Gasteiger partial charge in [-0.2, -0.15) is 5.10 Å². The van der Waals surface area contributed by atoms with Crippen molar-refractivity contribution in [2.24, 2.45) is 0 Å². The molecule has 1 atom stereocenters. The van der Waals surface area contributed by atoms with Crippen LogP contribution in [-0.4, -0.2) is 27.6 Å². The highest BCUT2D eigenvalue weighted by molar-refractivity contribution is 5.93. The number of hydrogen-bond donors (Lipinski definition) is 1. The smallest absolute Gasteiger partial charge is 0.273 e. The second-order valence-electron chi connectivity index (χ2n) is 8.25. The summed E-state index contributed by atoms with van der Waals surface area (Å²) >= 11 is 0. The van der Waals surface area contributed by atoms with Gasteiger partial charge in [-0.3, -0.25) is 9.48 Å². The van der Waals surface area contributed by atoms with Crippen molar-refractivity contribution in [2.75, 3.05) is 6.79 Å². The maximum atomic E-state index is 12.9. The van der Waals surface area contributed by atoms with Crippen LogP contribution >= 0.6 is 0 Å². The Morgan fingerprint density at radius 3 is 2.88 bits per heavy atom. The third-order valence-corrected chi connectivity index (χ3v) is 6.14. The molecule has 166 valence electrons. The Morgan fingerprint density at radius 1 is 1.09 bits per heavy atom. The minimum atomic E-state index is -0.264. The van der Waals surface area contributed by atoms with Gasteiger partial charge in [0.2, 0.25) is 6.79 Å². The Bertz CT molecular complexity index is 1310. The fourth-order valence-corrected chi connectivity index (χ4v) is 4.46. The van der Waals surface area contributed by atoms with Gasteiger partial charge >= 0.3 is 0 Å². The summed E-state index contributed by atoms with van der Waals surface area (Å²) in [5, 5.41) is 11.7. The maximum absolute atomic E-state index is 12.9. The molecule has 1 N–H and O–H groups in total. The van der Waals surface area contributed by atoms with Crippen LogP contribution in [0.3, 0.4) is 0 Å². The van der Waals surface area contributed by atoms with Crippen molar-refractivity contribution in [1.29, 1.82) is 0 Å². The molecule has 4 aromatic rings. The zero-order valence-corrected chi connectivity index (χ0v) is 17.9. The van der Waals surface area contributed by atoms with Crippen LogP contribution < -0.4 is 14.8 Å². The average Bonchev–Trinajstić information content (AvgIpc) is 3.60. The molecule has 1 aliphatic heterocycles. The number of ether oxygens (including phenoxy) is 2. The third kappa shape index (κ3) is 3.73. The van der Waals surface area contributed by atoms with Crippen LogP contribution in [0.4, 0.5) is 0 Å². The molecule has 0 spiro atoms. The van der Waals surface area contributed by atoms with Crippen molar-refractivity contribution in [3.05, 3.63) is 83.3 Å². The first-order valence-electron chi connectivity index (χ1n) is 11.0. The molecule has 6 rings (SSSR count). The lowest BCUT2D eigenvalue weighted by molar-refractivity contribution is 0.0923. The van der Waals surface area contributed by atoms with Crippen molar-refractivity contribution >= 4 is 5.91 Å². The minimum absolute atomic E-state index is 0.100. The van der Waals surface area contributed by atoms with E-state index in [1.54, 1.807) is 6.07 Å². The van der Waals surface area contributed by atoms with Crippen molar-refractivity contribution in [3.8, 4) is 22.8 Å². The molecule has 0 unspecified atom stereocenters. The van der Waals surface area contributed by atoms with Gasteiger partial charge in [-0.1, -0.05) is 35.5 Å². The van der Waals surface area contributed by atoms with Gasteiger partial charge in [-0.15, -0.1) is 0 Å². The maximum Gasteiger partial charge on any atom is 0.273 e. The monoisotopic (exact) mass is 442 g/mol. The summed E-state index contributed by atoms with van der Waals surface area (Å²) < 4.78 is 18.2. The van der Waals surface area contributed by atoms with Gasteiger partial charge in [0, 0.05) is 22.9 Å². The van der Waals surface area contributed by atoms with E-state index in [-0.39, 0.29) is 24.4 Å². The SMILES string of the molecule is O=C(N[C@H]1CCCc2c1cnn2Cc1ccccc1)c1cc(-c2ccc3c(c2)OCO3)on1. The fraction of sp³-hybridized carbons (Fsp3) is 0.240. The van der Waals surface area contributed by atoms with Gasteiger partial charge in [-0.25, -0.2) is 0 Å². The predicted octanol–water partition coefficient (Wildman–Crippen LogP) is 4.12. The van der Waals surface area contributed by atoms with Crippen LogP contribution in [0.2, 0.25) is 0 Å². The van der Waals surface area contributed by atoms with E-state index < -0.39 is 0 Å². The number of aromatic nitrogens is 3. The van der Waals surface area contributed by atoms with E-state index in [0.29, 0.717) is 17.3 Å². The summed E-state index contributed by atoms with van der Waals surface area (Å²) in [6.45, 7) is 0.924. The van der Waals surface area contributed by atoms with Crippen LogP contribution in [0, 0.1) is 0 Å². The molecular weight excluding hydrogens is 420 g/mol. The van der Waals surface area contributed by atoms with E-state index in [1.165, 1.54) is 11.3 Å². The van der Waals surface area contributed by atoms with Crippen molar-refractivity contribution in [1.82, 2.24) is 20.3 Å². The van der Waals surface area contributed by atoms with Crippen molar-refractivity contribution in [2.45, 2.75) is 31.8 Å². The molecule has 1 aliphatic carbocycles.